The van der Waals surface area contributed by atoms with Gasteiger partial charge in [0.1, 0.15) is 11.5 Å². The van der Waals surface area contributed by atoms with Gasteiger partial charge in [-0.2, -0.15) is 0 Å². The summed E-state index contributed by atoms with van der Waals surface area (Å²) >= 11 is 1.48. The van der Waals surface area contributed by atoms with E-state index in [1.165, 1.54) is 23.5 Å². The van der Waals surface area contributed by atoms with Gasteiger partial charge in [-0.3, -0.25) is 4.40 Å². The molecule has 1 N–H and O–H groups in total. The topological polar surface area (TPSA) is 55.1 Å². The molecule has 3 aromatic heterocycles. The normalized spacial score (nSPS) is 11.0. The lowest BCUT2D eigenvalue weighted by Crippen LogP contribution is -1.91. The summed E-state index contributed by atoms with van der Waals surface area (Å²) in [6.45, 7) is 0. The van der Waals surface area contributed by atoms with Gasteiger partial charge in [-0.1, -0.05) is 0 Å². The van der Waals surface area contributed by atoms with Crippen LogP contribution < -0.4 is 5.32 Å². The van der Waals surface area contributed by atoms with Gasteiger partial charge in [-0.05, 0) is 30.3 Å². The number of nitrogens with zero attached hydrogens (tertiary/aromatic N) is 4. The van der Waals surface area contributed by atoms with E-state index in [1.54, 1.807) is 24.5 Å². The third kappa shape index (κ3) is 2.31. The molecular weight excluding hydrogens is 301 g/mol. The largest absolute Gasteiger partial charge is 0.332 e. The Bertz CT molecular complexity index is 928. The van der Waals surface area contributed by atoms with E-state index in [0.717, 1.165) is 22.2 Å². The van der Waals surface area contributed by atoms with Crippen LogP contribution in [0, 0.1) is 5.82 Å². The van der Waals surface area contributed by atoms with E-state index >= 15 is 0 Å². The van der Waals surface area contributed by atoms with E-state index in [0.29, 0.717) is 5.78 Å². The molecule has 4 rings (SSSR count). The summed E-state index contributed by atoms with van der Waals surface area (Å²) < 4.78 is 14.8. The van der Waals surface area contributed by atoms with Crippen molar-refractivity contribution in [3.8, 4) is 11.4 Å². The van der Waals surface area contributed by atoms with Gasteiger partial charge in [0.05, 0.1) is 11.9 Å². The molecule has 0 saturated heterocycles. The minimum Gasteiger partial charge on any atom is -0.332 e. The van der Waals surface area contributed by atoms with Crippen molar-refractivity contribution >= 4 is 27.9 Å². The second kappa shape index (κ2) is 5.19. The summed E-state index contributed by atoms with van der Waals surface area (Å²) in [6.07, 6.45) is 5.35. The molecule has 108 valence electrons. The van der Waals surface area contributed by atoms with E-state index in [2.05, 4.69) is 20.3 Å². The molecule has 0 fully saturated rings. The van der Waals surface area contributed by atoms with Crippen molar-refractivity contribution in [2.24, 2.45) is 0 Å². The van der Waals surface area contributed by atoms with Crippen LogP contribution in [0.3, 0.4) is 0 Å². The van der Waals surface area contributed by atoms with E-state index in [4.69, 9.17) is 0 Å². The SMILES string of the molecule is Fc1ccc(Nc2nc(-c3cnc4ncccn34)cs2)cc1. The van der Waals surface area contributed by atoms with Gasteiger partial charge in [-0.25, -0.2) is 19.3 Å². The third-order valence-electron chi connectivity index (χ3n) is 3.15. The lowest BCUT2D eigenvalue weighted by molar-refractivity contribution is 0.628. The Morgan fingerprint density at radius 2 is 2.00 bits per heavy atom. The number of hydrogen-bond donors (Lipinski definition) is 1. The molecule has 0 spiro atoms. The number of rotatable bonds is 3. The number of imidazole rings is 1. The number of benzene rings is 1. The van der Waals surface area contributed by atoms with Crippen LogP contribution in [0.5, 0.6) is 0 Å². The van der Waals surface area contributed by atoms with Gasteiger partial charge in [0, 0.05) is 23.5 Å². The fourth-order valence-electron chi connectivity index (χ4n) is 2.12. The van der Waals surface area contributed by atoms with Crippen LogP contribution >= 0.6 is 11.3 Å². The summed E-state index contributed by atoms with van der Waals surface area (Å²) in [7, 11) is 0. The Balaban J connectivity index is 1.65. The molecule has 0 atom stereocenters. The van der Waals surface area contributed by atoms with Crippen molar-refractivity contribution < 1.29 is 4.39 Å². The summed E-state index contributed by atoms with van der Waals surface area (Å²) in [5.41, 5.74) is 2.49. The summed E-state index contributed by atoms with van der Waals surface area (Å²) in [5.74, 6) is 0.377. The fraction of sp³-hybridized carbons (Fsp3) is 0. The van der Waals surface area contributed by atoms with Gasteiger partial charge in [0.2, 0.25) is 5.78 Å². The first-order valence-corrected chi connectivity index (χ1v) is 7.44. The second-order valence-corrected chi connectivity index (χ2v) is 5.46. The van der Waals surface area contributed by atoms with Crippen LogP contribution in [0.15, 0.2) is 54.3 Å². The Labute approximate surface area is 129 Å². The van der Waals surface area contributed by atoms with Crippen molar-refractivity contribution in [3.05, 3.63) is 60.1 Å². The molecular formula is C15H10FN5S. The van der Waals surface area contributed by atoms with Gasteiger partial charge in [0.25, 0.3) is 0 Å². The highest BCUT2D eigenvalue weighted by Crippen LogP contribution is 2.27. The Kier molecular flexibility index (Phi) is 3.05. The van der Waals surface area contributed by atoms with Gasteiger partial charge in [0.15, 0.2) is 5.13 Å². The molecule has 0 saturated carbocycles. The molecule has 0 aliphatic carbocycles. The number of thiazole rings is 1. The standard InChI is InChI=1S/C15H10FN5S/c16-10-2-4-11(5-3-10)19-15-20-12(9-22-15)13-8-18-14-17-6-1-7-21(13)14/h1-9H,(H,19,20). The van der Waals surface area contributed by atoms with Crippen LogP contribution in [0.1, 0.15) is 0 Å². The first-order valence-electron chi connectivity index (χ1n) is 6.56. The molecule has 0 amide bonds. The summed E-state index contributed by atoms with van der Waals surface area (Å²) in [5, 5.41) is 5.84. The van der Waals surface area contributed by atoms with Crippen LogP contribution in [-0.2, 0) is 0 Å². The molecule has 0 radical (unpaired) electrons. The lowest BCUT2D eigenvalue weighted by Gasteiger charge is -2.01. The van der Waals surface area contributed by atoms with Gasteiger partial charge < -0.3 is 5.32 Å². The highest BCUT2D eigenvalue weighted by molar-refractivity contribution is 7.14. The number of anilines is 2. The molecule has 7 heteroatoms. The molecule has 22 heavy (non-hydrogen) atoms. The average Bonchev–Trinajstić information content (AvgIpc) is 3.16. The second-order valence-electron chi connectivity index (χ2n) is 4.60. The zero-order valence-corrected chi connectivity index (χ0v) is 12.1. The van der Waals surface area contributed by atoms with Crippen LogP contribution in [-0.4, -0.2) is 19.4 Å². The van der Waals surface area contributed by atoms with E-state index in [-0.39, 0.29) is 5.82 Å². The number of fused-ring (bicyclic) bond motifs is 1. The zero-order valence-electron chi connectivity index (χ0n) is 11.3. The molecule has 0 aliphatic heterocycles. The first kappa shape index (κ1) is 12.9. The molecule has 5 nitrogen and oxygen atoms in total. The molecule has 0 aliphatic rings. The maximum Gasteiger partial charge on any atom is 0.234 e. The zero-order chi connectivity index (χ0) is 14.9. The Hall–Kier alpha value is -2.80. The predicted octanol–water partition coefficient (Wildman–Crippen LogP) is 3.74. The average molecular weight is 311 g/mol. The number of halogens is 1. The lowest BCUT2D eigenvalue weighted by atomic mass is 10.3. The van der Waals surface area contributed by atoms with Crippen molar-refractivity contribution in [2.75, 3.05) is 5.32 Å². The summed E-state index contributed by atoms with van der Waals surface area (Å²) in [6, 6.07) is 8.02. The van der Waals surface area contributed by atoms with Gasteiger partial charge in [-0.15, -0.1) is 11.3 Å². The van der Waals surface area contributed by atoms with E-state index in [9.17, 15) is 4.39 Å². The number of aromatic nitrogens is 4. The number of nitrogens with one attached hydrogen (secondary N) is 1. The van der Waals surface area contributed by atoms with Crippen molar-refractivity contribution in [2.45, 2.75) is 0 Å². The van der Waals surface area contributed by atoms with Crippen molar-refractivity contribution in [1.29, 1.82) is 0 Å². The maximum atomic E-state index is 12.9. The molecule has 0 unspecified atom stereocenters. The molecule has 3 heterocycles. The fourth-order valence-corrected chi connectivity index (χ4v) is 2.85. The Morgan fingerprint density at radius 3 is 2.86 bits per heavy atom. The smallest absolute Gasteiger partial charge is 0.234 e. The third-order valence-corrected chi connectivity index (χ3v) is 3.91. The highest BCUT2D eigenvalue weighted by Gasteiger charge is 2.10. The summed E-state index contributed by atoms with van der Waals surface area (Å²) in [4.78, 5) is 13.0. The predicted molar refractivity (Wildman–Crippen MR) is 83.8 cm³/mol. The van der Waals surface area contributed by atoms with Crippen molar-refractivity contribution in [3.63, 3.8) is 0 Å². The monoisotopic (exact) mass is 311 g/mol. The van der Waals surface area contributed by atoms with E-state index in [1.807, 2.05) is 22.0 Å². The minimum absolute atomic E-state index is 0.261. The molecule has 1 aromatic carbocycles. The van der Waals surface area contributed by atoms with Gasteiger partial charge >= 0.3 is 0 Å². The molecule has 4 aromatic rings. The highest BCUT2D eigenvalue weighted by atomic mass is 32.1. The number of hydrogen-bond acceptors (Lipinski definition) is 5. The molecule has 0 bridgehead atoms. The minimum atomic E-state index is -0.261. The quantitative estimate of drug-likeness (QED) is 0.626. The van der Waals surface area contributed by atoms with Crippen molar-refractivity contribution in [1.82, 2.24) is 19.4 Å². The van der Waals surface area contributed by atoms with Crippen LogP contribution in [0.4, 0.5) is 15.2 Å². The van der Waals surface area contributed by atoms with Crippen LogP contribution in [0.2, 0.25) is 0 Å². The first-order chi connectivity index (χ1) is 10.8. The van der Waals surface area contributed by atoms with E-state index < -0.39 is 0 Å². The maximum absolute atomic E-state index is 12.9. The Morgan fingerprint density at radius 1 is 1.14 bits per heavy atom. The van der Waals surface area contributed by atoms with Crippen LogP contribution in [0.25, 0.3) is 17.2 Å².